The Morgan fingerprint density at radius 3 is 2.70 bits per heavy atom. The molecule has 2 N–H and O–H groups in total. The summed E-state index contributed by atoms with van der Waals surface area (Å²) < 4.78 is 27.5. The SMILES string of the molecule is Cc1ccccc1S(=O)(=O)NC(=O)C1CCc2c(-c3ccn[nH]3)cccc21. The summed E-state index contributed by atoms with van der Waals surface area (Å²) in [5, 5.41) is 6.93. The molecule has 1 atom stereocenters. The molecule has 1 aromatic heterocycles. The summed E-state index contributed by atoms with van der Waals surface area (Å²) >= 11 is 0. The van der Waals surface area contributed by atoms with Crippen LogP contribution in [-0.2, 0) is 21.2 Å². The Labute approximate surface area is 157 Å². The van der Waals surface area contributed by atoms with Gasteiger partial charge >= 0.3 is 0 Å². The topological polar surface area (TPSA) is 91.9 Å². The van der Waals surface area contributed by atoms with Gasteiger partial charge in [0.25, 0.3) is 10.0 Å². The number of H-pyrrole nitrogens is 1. The fraction of sp³-hybridized carbons (Fsp3) is 0.200. The molecule has 27 heavy (non-hydrogen) atoms. The predicted molar refractivity (Wildman–Crippen MR) is 102 cm³/mol. The molecule has 1 aliphatic rings. The normalized spacial score (nSPS) is 16.1. The van der Waals surface area contributed by atoms with E-state index in [4.69, 9.17) is 0 Å². The lowest BCUT2D eigenvalue weighted by atomic mass is 9.97. The van der Waals surface area contributed by atoms with Gasteiger partial charge in [-0.2, -0.15) is 5.10 Å². The van der Waals surface area contributed by atoms with Crippen molar-refractivity contribution in [2.45, 2.75) is 30.6 Å². The lowest BCUT2D eigenvalue weighted by Crippen LogP contribution is -2.34. The van der Waals surface area contributed by atoms with E-state index >= 15 is 0 Å². The number of hydrogen-bond acceptors (Lipinski definition) is 4. The second-order valence-electron chi connectivity index (χ2n) is 6.67. The maximum atomic E-state index is 12.8. The number of fused-ring (bicyclic) bond motifs is 1. The predicted octanol–water partition coefficient (Wildman–Crippen LogP) is 2.92. The minimum atomic E-state index is -3.90. The number of aromatic nitrogens is 2. The molecule has 0 spiro atoms. The van der Waals surface area contributed by atoms with Gasteiger partial charge in [-0.15, -0.1) is 0 Å². The maximum Gasteiger partial charge on any atom is 0.264 e. The number of carbonyl (C=O) groups excluding carboxylic acids is 1. The molecular formula is C20H19N3O3S. The molecular weight excluding hydrogens is 362 g/mol. The fourth-order valence-electron chi connectivity index (χ4n) is 3.70. The van der Waals surface area contributed by atoms with E-state index in [2.05, 4.69) is 14.9 Å². The van der Waals surface area contributed by atoms with Crippen molar-refractivity contribution in [2.75, 3.05) is 0 Å². The molecule has 3 aromatic rings. The number of aryl methyl sites for hydroxylation is 1. The van der Waals surface area contributed by atoms with Crippen molar-refractivity contribution in [3.8, 4) is 11.3 Å². The van der Waals surface area contributed by atoms with Crippen LogP contribution in [0.5, 0.6) is 0 Å². The van der Waals surface area contributed by atoms with E-state index in [1.54, 1.807) is 31.3 Å². The fourth-order valence-corrected chi connectivity index (χ4v) is 4.97. The van der Waals surface area contributed by atoms with Gasteiger partial charge in [0.05, 0.1) is 16.5 Å². The molecule has 1 unspecified atom stereocenters. The van der Waals surface area contributed by atoms with Crippen LogP contribution in [0.3, 0.4) is 0 Å². The Balaban J connectivity index is 1.63. The molecule has 0 bridgehead atoms. The van der Waals surface area contributed by atoms with Crippen LogP contribution in [0, 0.1) is 6.92 Å². The molecule has 2 aromatic carbocycles. The van der Waals surface area contributed by atoms with E-state index < -0.39 is 21.8 Å². The van der Waals surface area contributed by atoms with Crippen LogP contribution in [0.2, 0.25) is 0 Å². The number of nitrogens with zero attached hydrogens (tertiary/aromatic N) is 1. The molecule has 1 heterocycles. The number of aromatic amines is 1. The third-order valence-corrected chi connectivity index (χ3v) is 6.50. The number of amides is 1. The Morgan fingerprint density at radius 2 is 1.96 bits per heavy atom. The highest BCUT2D eigenvalue weighted by Crippen LogP contribution is 2.38. The number of carbonyl (C=O) groups is 1. The summed E-state index contributed by atoms with van der Waals surface area (Å²) in [5.41, 5.74) is 4.43. The summed E-state index contributed by atoms with van der Waals surface area (Å²) in [6.45, 7) is 1.71. The van der Waals surface area contributed by atoms with Gasteiger partial charge in [0.2, 0.25) is 5.91 Å². The van der Waals surface area contributed by atoms with E-state index in [1.807, 2.05) is 24.3 Å². The van der Waals surface area contributed by atoms with Gasteiger partial charge in [0.1, 0.15) is 0 Å². The molecule has 7 heteroatoms. The largest absolute Gasteiger partial charge is 0.278 e. The van der Waals surface area contributed by atoms with E-state index in [0.717, 1.165) is 22.4 Å². The van der Waals surface area contributed by atoms with Crippen LogP contribution in [0.15, 0.2) is 59.6 Å². The molecule has 0 fully saturated rings. The first-order chi connectivity index (χ1) is 13.0. The molecule has 138 valence electrons. The van der Waals surface area contributed by atoms with Gasteiger partial charge in [-0.05, 0) is 48.6 Å². The highest BCUT2D eigenvalue weighted by Gasteiger charge is 2.33. The molecule has 0 saturated carbocycles. The van der Waals surface area contributed by atoms with Gasteiger partial charge < -0.3 is 0 Å². The quantitative estimate of drug-likeness (QED) is 0.727. The van der Waals surface area contributed by atoms with E-state index in [1.165, 1.54) is 6.07 Å². The number of sulfonamides is 1. The summed E-state index contributed by atoms with van der Waals surface area (Å²) in [6, 6.07) is 14.3. The molecule has 0 saturated heterocycles. The molecule has 0 aliphatic heterocycles. The van der Waals surface area contributed by atoms with Crippen LogP contribution in [0.1, 0.15) is 29.0 Å². The lowest BCUT2D eigenvalue weighted by Gasteiger charge is -2.14. The third kappa shape index (κ3) is 3.14. The van der Waals surface area contributed by atoms with Crippen molar-refractivity contribution < 1.29 is 13.2 Å². The molecule has 0 radical (unpaired) electrons. The number of benzene rings is 2. The monoisotopic (exact) mass is 381 g/mol. The lowest BCUT2D eigenvalue weighted by molar-refractivity contribution is -0.120. The summed E-state index contributed by atoms with van der Waals surface area (Å²) in [4.78, 5) is 12.9. The molecule has 1 aliphatic carbocycles. The van der Waals surface area contributed by atoms with E-state index in [0.29, 0.717) is 18.4 Å². The smallest absolute Gasteiger partial charge is 0.264 e. The van der Waals surface area contributed by atoms with Crippen LogP contribution in [0.25, 0.3) is 11.3 Å². The van der Waals surface area contributed by atoms with Crippen LogP contribution in [-0.4, -0.2) is 24.5 Å². The van der Waals surface area contributed by atoms with Crippen LogP contribution in [0.4, 0.5) is 0 Å². The molecule has 1 amide bonds. The zero-order chi connectivity index (χ0) is 19.0. The zero-order valence-corrected chi connectivity index (χ0v) is 15.6. The van der Waals surface area contributed by atoms with Gasteiger partial charge in [0.15, 0.2) is 0 Å². The average molecular weight is 381 g/mol. The van der Waals surface area contributed by atoms with Crippen molar-refractivity contribution in [3.05, 3.63) is 71.4 Å². The second kappa shape index (κ2) is 6.66. The zero-order valence-electron chi connectivity index (χ0n) is 14.8. The number of nitrogens with one attached hydrogen (secondary N) is 2. The summed E-state index contributed by atoms with van der Waals surface area (Å²) in [7, 11) is -3.90. The first-order valence-corrected chi connectivity index (χ1v) is 10.2. The van der Waals surface area contributed by atoms with E-state index in [9.17, 15) is 13.2 Å². The Hall–Kier alpha value is -2.93. The maximum absolute atomic E-state index is 12.8. The third-order valence-electron chi connectivity index (χ3n) is 5.00. The second-order valence-corrected chi connectivity index (χ2v) is 8.32. The molecule has 4 rings (SSSR count). The molecule has 6 nitrogen and oxygen atoms in total. The van der Waals surface area contributed by atoms with Crippen molar-refractivity contribution in [1.29, 1.82) is 0 Å². The van der Waals surface area contributed by atoms with Gasteiger partial charge in [-0.1, -0.05) is 36.4 Å². The van der Waals surface area contributed by atoms with Crippen LogP contribution < -0.4 is 4.72 Å². The minimum Gasteiger partial charge on any atom is -0.278 e. The minimum absolute atomic E-state index is 0.128. The van der Waals surface area contributed by atoms with Crippen LogP contribution >= 0.6 is 0 Å². The first-order valence-electron chi connectivity index (χ1n) is 8.71. The van der Waals surface area contributed by atoms with Crippen molar-refractivity contribution >= 4 is 15.9 Å². The van der Waals surface area contributed by atoms with Crippen molar-refractivity contribution in [1.82, 2.24) is 14.9 Å². The van der Waals surface area contributed by atoms with Gasteiger partial charge in [-0.3, -0.25) is 9.89 Å². The number of rotatable bonds is 4. The Kier molecular flexibility index (Phi) is 4.31. The van der Waals surface area contributed by atoms with Crippen molar-refractivity contribution in [3.63, 3.8) is 0 Å². The Bertz CT molecular complexity index is 1110. The van der Waals surface area contributed by atoms with Gasteiger partial charge in [-0.25, -0.2) is 13.1 Å². The first kappa shape index (κ1) is 17.5. The highest BCUT2D eigenvalue weighted by molar-refractivity contribution is 7.90. The Morgan fingerprint density at radius 1 is 1.15 bits per heavy atom. The summed E-state index contributed by atoms with van der Waals surface area (Å²) in [5.74, 6) is -0.972. The average Bonchev–Trinajstić information content (AvgIpc) is 3.31. The number of hydrogen-bond donors (Lipinski definition) is 2. The van der Waals surface area contributed by atoms with Crippen molar-refractivity contribution in [2.24, 2.45) is 0 Å². The highest BCUT2D eigenvalue weighted by atomic mass is 32.2. The summed E-state index contributed by atoms with van der Waals surface area (Å²) in [6.07, 6.45) is 2.98. The van der Waals surface area contributed by atoms with Gasteiger partial charge in [0, 0.05) is 11.8 Å². The standard InChI is InChI=1S/C20H19N3O3S/c1-13-5-2-3-8-19(13)27(25,26)23-20(24)17-10-9-15-14(17)6-4-7-16(15)18-11-12-21-22-18/h2-8,11-12,17H,9-10H2,1H3,(H,21,22)(H,23,24). The van der Waals surface area contributed by atoms with E-state index in [-0.39, 0.29) is 4.90 Å².